The van der Waals surface area contributed by atoms with Gasteiger partial charge in [-0.15, -0.1) is 0 Å². The Morgan fingerprint density at radius 3 is 2.35 bits per heavy atom. The van der Waals surface area contributed by atoms with Crippen molar-refractivity contribution in [2.45, 2.75) is 38.6 Å². The summed E-state index contributed by atoms with van der Waals surface area (Å²) in [5.74, 6) is 6.63. The van der Waals surface area contributed by atoms with Crippen LogP contribution in [0, 0.1) is 29.0 Å². The second-order valence-electron chi connectivity index (χ2n) is 7.93. The number of hydrogen-bond acceptors (Lipinski definition) is 3. The van der Waals surface area contributed by atoms with Crippen LogP contribution in [0.25, 0.3) is 22.5 Å². The van der Waals surface area contributed by atoms with E-state index in [4.69, 9.17) is 10.2 Å². The molecule has 5 heteroatoms. The Labute approximate surface area is 199 Å². The van der Waals surface area contributed by atoms with Crippen molar-refractivity contribution in [3.63, 3.8) is 0 Å². The van der Waals surface area contributed by atoms with Gasteiger partial charge >= 0.3 is 0 Å². The number of benzene rings is 2. The van der Waals surface area contributed by atoms with E-state index in [1.807, 2.05) is 18.2 Å². The zero-order chi connectivity index (χ0) is 23.6. The summed E-state index contributed by atoms with van der Waals surface area (Å²) in [5, 5.41) is 8.85. The lowest BCUT2D eigenvalue weighted by molar-refractivity contribution is 0.608. The van der Waals surface area contributed by atoms with E-state index in [9.17, 15) is 4.39 Å². The predicted molar refractivity (Wildman–Crippen MR) is 132 cm³/mol. The van der Waals surface area contributed by atoms with Crippen molar-refractivity contribution in [3.05, 3.63) is 96.3 Å². The van der Waals surface area contributed by atoms with Gasteiger partial charge < -0.3 is 4.57 Å². The highest BCUT2D eigenvalue weighted by Gasteiger charge is 2.19. The van der Waals surface area contributed by atoms with Gasteiger partial charge in [0.05, 0.1) is 17.5 Å². The van der Waals surface area contributed by atoms with E-state index in [1.54, 1.807) is 24.5 Å². The number of pyridine rings is 1. The van der Waals surface area contributed by atoms with Gasteiger partial charge in [-0.05, 0) is 67.1 Å². The third kappa shape index (κ3) is 5.77. The molecule has 0 saturated heterocycles. The van der Waals surface area contributed by atoms with Gasteiger partial charge in [-0.25, -0.2) is 9.37 Å². The first kappa shape index (κ1) is 23.0. The number of nitrogens with zero attached hydrogens (tertiary/aromatic N) is 4. The van der Waals surface area contributed by atoms with Gasteiger partial charge in [0.2, 0.25) is 0 Å². The molecule has 0 N–H and O–H groups in total. The maximum absolute atomic E-state index is 13.6. The van der Waals surface area contributed by atoms with Gasteiger partial charge in [-0.1, -0.05) is 36.3 Å². The molecule has 0 saturated carbocycles. The average Bonchev–Trinajstić information content (AvgIpc) is 3.24. The lowest BCUT2D eigenvalue weighted by Gasteiger charge is -2.12. The Bertz CT molecular complexity index is 1310. The lowest BCUT2D eigenvalue weighted by Crippen LogP contribution is -2.04. The van der Waals surface area contributed by atoms with Crippen molar-refractivity contribution in [2.24, 2.45) is 0 Å². The molecule has 0 spiro atoms. The molecule has 4 nitrogen and oxygen atoms in total. The number of aryl methyl sites for hydroxylation is 1. The average molecular weight is 449 g/mol. The van der Waals surface area contributed by atoms with Crippen LogP contribution >= 0.6 is 0 Å². The highest BCUT2D eigenvalue weighted by molar-refractivity contribution is 5.79. The normalized spacial score (nSPS) is 10.4. The number of aromatic nitrogens is 3. The van der Waals surface area contributed by atoms with E-state index in [-0.39, 0.29) is 5.82 Å². The minimum absolute atomic E-state index is 0.286. The predicted octanol–water partition coefficient (Wildman–Crippen LogP) is 6.43. The van der Waals surface area contributed by atoms with Crippen molar-refractivity contribution in [2.75, 3.05) is 0 Å². The summed E-state index contributed by atoms with van der Waals surface area (Å²) in [4.78, 5) is 9.05. The van der Waals surface area contributed by atoms with Crippen LogP contribution < -0.4 is 0 Å². The van der Waals surface area contributed by atoms with Crippen molar-refractivity contribution >= 4 is 0 Å². The van der Waals surface area contributed by atoms with Crippen LogP contribution in [0.3, 0.4) is 0 Å². The number of nitriles is 1. The molecule has 0 unspecified atom stereocenters. The number of hydrogen-bond donors (Lipinski definition) is 0. The van der Waals surface area contributed by atoms with E-state index in [0.717, 1.165) is 48.3 Å². The van der Waals surface area contributed by atoms with Gasteiger partial charge in [-0.2, -0.15) is 5.26 Å². The number of halogens is 1. The molecule has 168 valence electrons. The van der Waals surface area contributed by atoms with Crippen LogP contribution in [0.15, 0.2) is 79.1 Å². The molecule has 0 fully saturated rings. The third-order valence-electron chi connectivity index (χ3n) is 5.54. The molecule has 4 aromatic rings. The highest BCUT2D eigenvalue weighted by atomic mass is 19.1. The molecule has 34 heavy (non-hydrogen) atoms. The van der Waals surface area contributed by atoms with Crippen LogP contribution in [0.2, 0.25) is 0 Å². The van der Waals surface area contributed by atoms with Crippen molar-refractivity contribution in [3.8, 4) is 40.4 Å². The quantitative estimate of drug-likeness (QED) is 0.231. The van der Waals surface area contributed by atoms with Gasteiger partial charge in [0.1, 0.15) is 5.82 Å². The lowest BCUT2D eigenvalue weighted by atomic mass is 10.1. The van der Waals surface area contributed by atoms with E-state index >= 15 is 0 Å². The van der Waals surface area contributed by atoms with Crippen LogP contribution in [0.1, 0.15) is 37.1 Å². The summed E-state index contributed by atoms with van der Waals surface area (Å²) in [6.45, 7) is 0.751. The Hall–Kier alpha value is -4.22. The summed E-state index contributed by atoms with van der Waals surface area (Å²) >= 11 is 0. The monoisotopic (exact) mass is 448 g/mol. The number of imidazole rings is 1. The van der Waals surface area contributed by atoms with E-state index in [1.165, 1.54) is 17.7 Å². The Balaban J connectivity index is 1.71. The summed E-state index contributed by atoms with van der Waals surface area (Å²) in [6, 6.07) is 22.9. The molecular formula is C29H25FN4. The zero-order valence-electron chi connectivity index (χ0n) is 18.9. The first-order valence-electron chi connectivity index (χ1n) is 11.4. The highest BCUT2D eigenvalue weighted by Crippen LogP contribution is 2.33. The first-order valence-corrected chi connectivity index (χ1v) is 11.4. The summed E-state index contributed by atoms with van der Waals surface area (Å²) in [6.07, 6.45) is 7.39. The Morgan fingerprint density at radius 1 is 0.853 bits per heavy atom. The summed E-state index contributed by atoms with van der Waals surface area (Å²) < 4.78 is 15.8. The molecular weight excluding hydrogens is 423 g/mol. The molecule has 0 amide bonds. The van der Waals surface area contributed by atoms with Gasteiger partial charge in [0, 0.05) is 42.9 Å². The van der Waals surface area contributed by atoms with Gasteiger partial charge in [0.15, 0.2) is 5.82 Å². The van der Waals surface area contributed by atoms with Crippen LogP contribution in [0.4, 0.5) is 4.39 Å². The van der Waals surface area contributed by atoms with E-state index in [2.05, 4.69) is 51.7 Å². The zero-order valence-corrected chi connectivity index (χ0v) is 18.9. The fraction of sp³-hybridized carbons (Fsp3) is 0.207. The molecule has 0 aliphatic heterocycles. The van der Waals surface area contributed by atoms with E-state index < -0.39 is 0 Å². The van der Waals surface area contributed by atoms with Gasteiger partial charge in [-0.3, -0.25) is 4.98 Å². The van der Waals surface area contributed by atoms with Crippen LogP contribution in [0.5, 0.6) is 0 Å². The Kier molecular flexibility index (Phi) is 7.82. The Morgan fingerprint density at radius 2 is 1.62 bits per heavy atom. The van der Waals surface area contributed by atoms with Gasteiger partial charge in [0.25, 0.3) is 0 Å². The second-order valence-corrected chi connectivity index (χ2v) is 7.93. The van der Waals surface area contributed by atoms with Crippen LogP contribution in [-0.4, -0.2) is 14.5 Å². The molecule has 0 aliphatic rings. The molecule has 2 heterocycles. The SMILES string of the molecule is N#CCCC#Cc1nc(-c2ccc(F)cc2)c(-c2ccncc2)n1CCCCc1ccccc1. The molecule has 0 atom stereocenters. The maximum Gasteiger partial charge on any atom is 0.186 e. The molecule has 2 aromatic heterocycles. The fourth-order valence-corrected chi connectivity index (χ4v) is 3.88. The van der Waals surface area contributed by atoms with Crippen molar-refractivity contribution in [1.29, 1.82) is 5.26 Å². The largest absolute Gasteiger partial charge is 0.317 e. The second kappa shape index (κ2) is 11.6. The first-order chi connectivity index (χ1) is 16.8. The molecule has 0 bridgehead atoms. The minimum Gasteiger partial charge on any atom is -0.317 e. The standard InChI is InChI=1S/C29H25FN4/c30-26-15-13-24(14-16-26)28-29(25-17-20-32-21-18-25)34(27(33-28)12-5-2-7-19-31)22-8-6-11-23-9-3-1-4-10-23/h1,3-4,9-10,13-18,20-21H,2,6-8,11,22H2. The third-order valence-corrected chi connectivity index (χ3v) is 5.54. The molecule has 4 rings (SSSR count). The summed E-state index contributed by atoms with van der Waals surface area (Å²) in [7, 11) is 0. The maximum atomic E-state index is 13.6. The molecule has 0 aliphatic carbocycles. The smallest absolute Gasteiger partial charge is 0.186 e. The number of rotatable bonds is 8. The summed E-state index contributed by atoms with van der Waals surface area (Å²) in [5.41, 5.74) is 4.84. The number of unbranched alkanes of at least 4 members (excludes halogenated alkanes) is 2. The topological polar surface area (TPSA) is 54.5 Å². The van der Waals surface area contributed by atoms with Crippen molar-refractivity contribution in [1.82, 2.24) is 14.5 Å². The van der Waals surface area contributed by atoms with Crippen LogP contribution in [-0.2, 0) is 13.0 Å². The minimum atomic E-state index is -0.286. The molecule has 0 radical (unpaired) electrons. The fourth-order valence-electron chi connectivity index (χ4n) is 3.88. The molecule has 2 aromatic carbocycles. The van der Waals surface area contributed by atoms with E-state index in [0.29, 0.717) is 18.7 Å². The van der Waals surface area contributed by atoms with Crippen molar-refractivity contribution < 1.29 is 4.39 Å².